The number of carbonyl (C=O) groups is 2. The maximum absolute atomic E-state index is 12.9. The van der Waals surface area contributed by atoms with Crippen LogP contribution in [-0.2, 0) is 9.59 Å². The molecule has 0 bridgehead atoms. The summed E-state index contributed by atoms with van der Waals surface area (Å²) in [6.07, 6.45) is 1.16. The predicted octanol–water partition coefficient (Wildman–Crippen LogP) is 1.21. The van der Waals surface area contributed by atoms with Gasteiger partial charge in [0.15, 0.2) is 11.5 Å². The molecule has 0 unspecified atom stereocenters. The zero-order valence-corrected chi connectivity index (χ0v) is 16.3. The third-order valence-corrected chi connectivity index (χ3v) is 5.31. The number of methoxy groups -OCH3 is 3. The van der Waals surface area contributed by atoms with Gasteiger partial charge in [0.25, 0.3) is 0 Å². The molecule has 1 N–H and O–H groups in total. The molecule has 2 fully saturated rings. The minimum absolute atomic E-state index is 0.0689. The summed E-state index contributed by atoms with van der Waals surface area (Å²) >= 11 is 0. The Kier molecular flexibility index (Phi) is 5.46. The number of carbonyl (C=O) groups excluding carboxylic acids is 2. The molecular formula is C19H27N3O5. The maximum Gasteiger partial charge on any atom is 0.240 e. The van der Waals surface area contributed by atoms with E-state index in [4.69, 9.17) is 14.2 Å². The van der Waals surface area contributed by atoms with Gasteiger partial charge in [-0.2, -0.15) is 0 Å². The van der Waals surface area contributed by atoms with Crippen molar-refractivity contribution in [3.63, 3.8) is 0 Å². The van der Waals surface area contributed by atoms with Crippen molar-refractivity contribution in [3.05, 3.63) is 12.1 Å². The quantitative estimate of drug-likeness (QED) is 0.751. The summed E-state index contributed by atoms with van der Waals surface area (Å²) in [7, 11) is 6.59. The van der Waals surface area contributed by atoms with Gasteiger partial charge in [0.2, 0.25) is 17.6 Å². The van der Waals surface area contributed by atoms with E-state index in [9.17, 15) is 9.59 Å². The van der Waals surface area contributed by atoms with E-state index in [0.717, 1.165) is 13.1 Å². The standard InChI is InChI=1S/C19H27N3O5/c1-21-7-9-22(10-8-21)18(24)19(5-6-19)17(23)20-13-11-14(25-2)16(27-4)15(12-13)26-3/h11-12H,5-10H2,1-4H3,(H,20,23). The number of piperazine rings is 1. The van der Waals surface area contributed by atoms with Crippen LogP contribution in [0.5, 0.6) is 17.2 Å². The second-order valence-corrected chi connectivity index (χ2v) is 7.05. The molecule has 8 heteroatoms. The highest BCUT2D eigenvalue weighted by molar-refractivity contribution is 6.13. The first-order valence-electron chi connectivity index (χ1n) is 9.04. The Bertz CT molecular complexity index is 699. The summed E-state index contributed by atoms with van der Waals surface area (Å²) < 4.78 is 15.9. The van der Waals surface area contributed by atoms with Crippen molar-refractivity contribution in [2.24, 2.45) is 5.41 Å². The molecule has 8 nitrogen and oxygen atoms in total. The van der Waals surface area contributed by atoms with Crippen molar-refractivity contribution in [1.29, 1.82) is 0 Å². The van der Waals surface area contributed by atoms with Gasteiger partial charge in [-0.05, 0) is 19.9 Å². The van der Waals surface area contributed by atoms with E-state index in [1.807, 2.05) is 11.9 Å². The van der Waals surface area contributed by atoms with E-state index in [1.165, 1.54) is 21.3 Å². The van der Waals surface area contributed by atoms with Crippen LogP contribution >= 0.6 is 0 Å². The first-order valence-corrected chi connectivity index (χ1v) is 9.04. The lowest BCUT2D eigenvalue weighted by molar-refractivity contribution is -0.143. The number of hydrogen-bond acceptors (Lipinski definition) is 6. The van der Waals surface area contributed by atoms with Crippen LogP contribution in [0.25, 0.3) is 0 Å². The number of amides is 2. The van der Waals surface area contributed by atoms with Gasteiger partial charge in [-0.3, -0.25) is 9.59 Å². The van der Waals surface area contributed by atoms with Crippen LogP contribution in [0.4, 0.5) is 5.69 Å². The molecular weight excluding hydrogens is 350 g/mol. The van der Waals surface area contributed by atoms with E-state index in [-0.39, 0.29) is 11.8 Å². The average molecular weight is 377 g/mol. The van der Waals surface area contributed by atoms with Crippen LogP contribution in [0, 0.1) is 5.41 Å². The highest BCUT2D eigenvalue weighted by atomic mass is 16.5. The molecule has 1 heterocycles. The van der Waals surface area contributed by atoms with Crippen LogP contribution in [0.1, 0.15) is 12.8 Å². The lowest BCUT2D eigenvalue weighted by Gasteiger charge is -2.34. The summed E-state index contributed by atoms with van der Waals surface area (Å²) in [5.41, 5.74) is -0.442. The van der Waals surface area contributed by atoms with Gasteiger partial charge < -0.3 is 29.3 Å². The van der Waals surface area contributed by atoms with Crippen LogP contribution in [0.15, 0.2) is 12.1 Å². The van der Waals surface area contributed by atoms with Gasteiger partial charge in [0.1, 0.15) is 5.41 Å². The third kappa shape index (κ3) is 3.66. The Morgan fingerprint density at radius 3 is 1.96 bits per heavy atom. The summed E-state index contributed by atoms with van der Waals surface area (Å²) in [4.78, 5) is 29.8. The molecule has 2 aliphatic rings. The normalized spacial score (nSPS) is 18.6. The van der Waals surface area contributed by atoms with Crippen LogP contribution in [0.3, 0.4) is 0 Å². The fraction of sp³-hybridized carbons (Fsp3) is 0.579. The van der Waals surface area contributed by atoms with Crippen molar-refractivity contribution < 1.29 is 23.8 Å². The number of nitrogens with zero attached hydrogens (tertiary/aromatic N) is 2. The Morgan fingerprint density at radius 2 is 1.52 bits per heavy atom. The minimum Gasteiger partial charge on any atom is -0.493 e. The van der Waals surface area contributed by atoms with E-state index >= 15 is 0 Å². The third-order valence-electron chi connectivity index (χ3n) is 5.31. The van der Waals surface area contributed by atoms with E-state index in [0.29, 0.717) is 48.9 Å². The summed E-state index contributed by atoms with van der Waals surface area (Å²) in [6, 6.07) is 3.32. The molecule has 1 aliphatic heterocycles. The molecule has 1 saturated carbocycles. The molecule has 1 aliphatic carbocycles. The molecule has 1 aromatic rings. The summed E-state index contributed by atoms with van der Waals surface area (Å²) in [6.45, 7) is 2.98. The number of rotatable bonds is 6. The first-order chi connectivity index (χ1) is 12.9. The largest absolute Gasteiger partial charge is 0.493 e. The minimum atomic E-state index is -0.948. The topological polar surface area (TPSA) is 80.3 Å². The van der Waals surface area contributed by atoms with Crippen molar-refractivity contribution >= 4 is 17.5 Å². The van der Waals surface area contributed by atoms with Gasteiger partial charge >= 0.3 is 0 Å². The van der Waals surface area contributed by atoms with Gasteiger partial charge in [0, 0.05) is 44.0 Å². The molecule has 0 spiro atoms. The highest BCUT2D eigenvalue weighted by Gasteiger charge is 2.58. The number of hydrogen-bond donors (Lipinski definition) is 1. The molecule has 27 heavy (non-hydrogen) atoms. The summed E-state index contributed by atoms with van der Waals surface area (Å²) in [5.74, 6) is 0.999. The molecule has 0 aromatic heterocycles. The number of likely N-dealkylation sites (N-methyl/N-ethyl adjacent to an activating group) is 1. The zero-order valence-electron chi connectivity index (χ0n) is 16.3. The fourth-order valence-electron chi connectivity index (χ4n) is 3.38. The molecule has 0 radical (unpaired) electrons. The van der Waals surface area contributed by atoms with Crippen LogP contribution < -0.4 is 19.5 Å². The van der Waals surface area contributed by atoms with Crippen molar-refractivity contribution in [3.8, 4) is 17.2 Å². The van der Waals surface area contributed by atoms with Gasteiger partial charge in [-0.25, -0.2) is 0 Å². The van der Waals surface area contributed by atoms with Crippen molar-refractivity contribution in [1.82, 2.24) is 9.80 Å². The Labute approximate surface area is 159 Å². The van der Waals surface area contributed by atoms with E-state index in [2.05, 4.69) is 10.2 Å². The lowest BCUT2D eigenvalue weighted by Crippen LogP contribution is -2.51. The fourth-order valence-corrected chi connectivity index (χ4v) is 3.38. The second kappa shape index (κ2) is 7.64. The number of ether oxygens (including phenoxy) is 3. The van der Waals surface area contributed by atoms with Gasteiger partial charge in [0.05, 0.1) is 21.3 Å². The Hall–Kier alpha value is -2.48. The smallest absolute Gasteiger partial charge is 0.240 e. The second-order valence-electron chi connectivity index (χ2n) is 7.05. The average Bonchev–Trinajstić information content (AvgIpc) is 3.49. The van der Waals surface area contributed by atoms with Crippen molar-refractivity contribution in [2.75, 3.05) is 59.9 Å². The van der Waals surface area contributed by atoms with E-state index < -0.39 is 5.41 Å². The van der Waals surface area contributed by atoms with Crippen molar-refractivity contribution in [2.45, 2.75) is 12.8 Å². The SMILES string of the molecule is COc1cc(NC(=O)C2(C(=O)N3CCN(C)CC3)CC2)cc(OC)c1OC. The monoisotopic (exact) mass is 377 g/mol. The summed E-state index contributed by atoms with van der Waals surface area (Å²) in [5, 5.41) is 2.86. The number of nitrogens with one attached hydrogen (secondary N) is 1. The molecule has 2 amide bonds. The first kappa shape index (κ1) is 19.3. The van der Waals surface area contributed by atoms with Crippen LogP contribution in [0.2, 0.25) is 0 Å². The molecule has 148 valence electrons. The lowest BCUT2D eigenvalue weighted by atomic mass is 10.0. The van der Waals surface area contributed by atoms with Gasteiger partial charge in [-0.1, -0.05) is 0 Å². The van der Waals surface area contributed by atoms with Crippen LogP contribution in [-0.4, -0.2) is 76.2 Å². The number of benzene rings is 1. The molecule has 1 aromatic carbocycles. The molecule has 1 saturated heterocycles. The zero-order chi connectivity index (χ0) is 19.6. The molecule has 0 atom stereocenters. The Balaban J connectivity index is 1.76. The number of anilines is 1. The maximum atomic E-state index is 12.9. The molecule has 3 rings (SSSR count). The predicted molar refractivity (Wildman–Crippen MR) is 100 cm³/mol. The van der Waals surface area contributed by atoms with Gasteiger partial charge in [-0.15, -0.1) is 0 Å². The highest BCUT2D eigenvalue weighted by Crippen LogP contribution is 2.49. The van der Waals surface area contributed by atoms with E-state index in [1.54, 1.807) is 12.1 Å². The Morgan fingerprint density at radius 1 is 0.963 bits per heavy atom.